The highest BCUT2D eigenvalue weighted by Gasteiger charge is 2.14. The van der Waals surface area contributed by atoms with Gasteiger partial charge >= 0.3 is 0 Å². The number of hydrogen-bond donors (Lipinski definition) is 2. The van der Waals surface area contributed by atoms with Gasteiger partial charge in [-0.15, -0.1) is 0 Å². The van der Waals surface area contributed by atoms with Crippen LogP contribution in [0.1, 0.15) is 10.4 Å². The Morgan fingerprint density at radius 2 is 2.28 bits per heavy atom. The van der Waals surface area contributed by atoms with Crippen LogP contribution in [0.2, 0.25) is 0 Å². The molecule has 0 saturated carbocycles. The highest BCUT2D eigenvalue weighted by molar-refractivity contribution is 7.99. The first kappa shape index (κ1) is 13.2. The van der Waals surface area contributed by atoms with E-state index in [2.05, 4.69) is 15.3 Å². The Morgan fingerprint density at radius 1 is 1.56 bits per heavy atom. The van der Waals surface area contributed by atoms with Crippen molar-refractivity contribution in [3.8, 4) is 0 Å². The number of aryl methyl sites for hydroxylation is 1. The molecule has 100 valence electrons. The van der Waals surface area contributed by atoms with E-state index in [-0.39, 0.29) is 5.91 Å². The van der Waals surface area contributed by atoms with E-state index in [1.807, 2.05) is 11.8 Å². The number of amides is 1. The van der Waals surface area contributed by atoms with Gasteiger partial charge < -0.3 is 11.1 Å². The number of nitrogens with zero attached hydrogens (tertiary/aromatic N) is 3. The van der Waals surface area contributed by atoms with E-state index in [0.717, 1.165) is 19.6 Å². The van der Waals surface area contributed by atoms with Gasteiger partial charge in [0.05, 0.1) is 6.20 Å². The molecule has 1 aliphatic heterocycles. The molecule has 1 aromatic heterocycles. The number of hydrogen-bond acceptors (Lipinski definition) is 5. The van der Waals surface area contributed by atoms with Crippen LogP contribution in [0.15, 0.2) is 6.20 Å². The first-order chi connectivity index (χ1) is 8.68. The van der Waals surface area contributed by atoms with Crippen molar-refractivity contribution in [3.63, 3.8) is 0 Å². The fourth-order valence-corrected chi connectivity index (χ4v) is 2.85. The lowest BCUT2D eigenvalue weighted by atomic mass is 10.3. The quantitative estimate of drug-likeness (QED) is 0.790. The van der Waals surface area contributed by atoms with Crippen LogP contribution in [0.4, 0.5) is 5.82 Å². The Hall–Kier alpha value is -1.21. The summed E-state index contributed by atoms with van der Waals surface area (Å²) < 4.78 is 1.50. The monoisotopic (exact) mass is 269 g/mol. The van der Waals surface area contributed by atoms with Crippen molar-refractivity contribution in [2.45, 2.75) is 0 Å². The SMILES string of the molecule is Cn1ncc(C(=O)NCCN2CCSCC2)c1N. The van der Waals surface area contributed by atoms with E-state index < -0.39 is 0 Å². The van der Waals surface area contributed by atoms with E-state index in [9.17, 15) is 4.79 Å². The average Bonchev–Trinajstić information content (AvgIpc) is 2.71. The van der Waals surface area contributed by atoms with E-state index in [1.165, 1.54) is 22.4 Å². The van der Waals surface area contributed by atoms with E-state index >= 15 is 0 Å². The predicted molar refractivity (Wildman–Crippen MR) is 73.7 cm³/mol. The van der Waals surface area contributed by atoms with Gasteiger partial charge in [-0.1, -0.05) is 0 Å². The molecule has 6 nitrogen and oxygen atoms in total. The number of carbonyl (C=O) groups is 1. The zero-order valence-electron chi connectivity index (χ0n) is 10.6. The minimum atomic E-state index is -0.146. The predicted octanol–water partition coefficient (Wildman–Crippen LogP) is -0.219. The molecule has 7 heteroatoms. The maximum Gasteiger partial charge on any atom is 0.256 e. The summed E-state index contributed by atoms with van der Waals surface area (Å²) >= 11 is 1.98. The second-order valence-electron chi connectivity index (χ2n) is 4.28. The van der Waals surface area contributed by atoms with Gasteiger partial charge in [0.1, 0.15) is 11.4 Å². The van der Waals surface area contributed by atoms with Crippen molar-refractivity contribution in [2.75, 3.05) is 43.4 Å². The lowest BCUT2D eigenvalue weighted by Gasteiger charge is -2.25. The molecular weight excluding hydrogens is 250 g/mol. The minimum Gasteiger partial charge on any atom is -0.383 e. The van der Waals surface area contributed by atoms with Crippen LogP contribution in [0, 0.1) is 0 Å². The number of nitrogens with one attached hydrogen (secondary N) is 1. The van der Waals surface area contributed by atoms with Crippen LogP contribution in [-0.4, -0.2) is 58.3 Å². The van der Waals surface area contributed by atoms with Crippen molar-refractivity contribution in [2.24, 2.45) is 7.05 Å². The maximum atomic E-state index is 11.9. The van der Waals surface area contributed by atoms with Gasteiger partial charge in [-0.3, -0.25) is 14.4 Å². The average molecular weight is 269 g/mol. The zero-order valence-corrected chi connectivity index (χ0v) is 11.4. The maximum absolute atomic E-state index is 11.9. The van der Waals surface area contributed by atoms with Gasteiger partial charge in [-0.25, -0.2) is 0 Å². The summed E-state index contributed by atoms with van der Waals surface area (Å²) in [7, 11) is 1.72. The van der Waals surface area contributed by atoms with E-state index in [0.29, 0.717) is 17.9 Å². The topological polar surface area (TPSA) is 76.2 Å². The molecule has 0 atom stereocenters. The fraction of sp³-hybridized carbons (Fsp3) is 0.636. The van der Waals surface area contributed by atoms with Crippen molar-refractivity contribution >= 4 is 23.5 Å². The molecule has 0 unspecified atom stereocenters. The number of carbonyl (C=O) groups excluding carboxylic acids is 1. The number of rotatable bonds is 4. The highest BCUT2D eigenvalue weighted by Crippen LogP contribution is 2.09. The Bertz CT molecular complexity index is 414. The van der Waals surface area contributed by atoms with Gasteiger partial charge in [-0.2, -0.15) is 16.9 Å². The molecule has 0 radical (unpaired) electrons. The van der Waals surface area contributed by atoms with Crippen molar-refractivity contribution < 1.29 is 4.79 Å². The van der Waals surface area contributed by atoms with Crippen molar-refractivity contribution in [3.05, 3.63) is 11.8 Å². The number of aromatic nitrogens is 2. The van der Waals surface area contributed by atoms with Gasteiger partial charge in [0, 0.05) is 44.7 Å². The van der Waals surface area contributed by atoms with Gasteiger partial charge in [-0.05, 0) is 0 Å². The lowest BCUT2D eigenvalue weighted by molar-refractivity contribution is 0.0950. The number of nitrogen functional groups attached to an aromatic ring is 1. The molecule has 3 N–H and O–H groups in total. The standard InChI is InChI=1S/C11H19N5OS/c1-15-10(12)9(8-14-15)11(17)13-2-3-16-4-6-18-7-5-16/h8H,2-7,12H2,1H3,(H,13,17). The third-order valence-electron chi connectivity index (χ3n) is 3.05. The van der Waals surface area contributed by atoms with Gasteiger partial charge in [0.2, 0.25) is 0 Å². The molecule has 1 saturated heterocycles. The molecule has 0 aliphatic carbocycles. The summed E-state index contributed by atoms with van der Waals surface area (Å²) in [5.41, 5.74) is 6.20. The lowest BCUT2D eigenvalue weighted by Crippen LogP contribution is -2.39. The molecule has 0 spiro atoms. The summed E-state index contributed by atoms with van der Waals surface area (Å²) in [5, 5.41) is 6.83. The Morgan fingerprint density at radius 3 is 2.89 bits per heavy atom. The molecule has 0 bridgehead atoms. The molecular formula is C11H19N5OS. The fourth-order valence-electron chi connectivity index (χ4n) is 1.87. The van der Waals surface area contributed by atoms with Crippen molar-refractivity contribution in [1.82, 2.24) is 20.0 Å². The molecule has 1 fully saturated rings. The molecule has 2 rings (SSSR count). The van der Waals surface area contributed by atoms with Crippen LogP contribution < -0.4 is 11.1 Å². The highest BCUT2D eigenvalue weighted by atomic mass is 32.2. The van der Waals surface area contributed by atoms with Crippen LogP contribution in [0.3, 0.4) is 0 Å². The Balaban J connectivity index is 1.76. The second kappa shape index (κ2) is 6.10. The Labute approximate surface area is 111 Å². The third-order valence-corrected chi connectivity index (χ3v) is 3.99. The molecule has 1 amide bonds. The summed E-state index contributed by atoms with van der Waals surface area (Å²) in [6.07, 6.45) is 1.50. The van der Waals surface area contributed by atoms with Crippen molar-refractivity contribution in [1.29, 1.82) is 0 Å². The van der Waals surface area contributed by atoms with E-state index in [1.54, 1.807) is 7.05 Å². The molecule has 2 heterocycles. The van der Waals surface area contributed by atoms with E-state index in [4.69, 9.17) is 5.73 Å². The number of nitrogens with two attached hydrogens (primary N) is 1. The summed E-state index contributed by atoms with van der Waals surface area (Å²) in [6.45, 7) is 3.76. The molecule has 18 heavy (non-hydrogen) atoms. The first-order valence-corrected chi connectivity index (χ1v) is 7.19. The third kappa shape index (κ3) is 3.17. The summed E-state index contributed by atoms with van der Waals surface area (Å²) in [4.78, 5) is 14.2. The molecule has 0 aromatic carbocycles. The normalized spacial score (nSPS) is 16.7. The smallest absolute Gasteiger partial charge is 0.256 e. The Kier molecular flexibility index (Phi) is 4.48. The first-order valence-electron chi connectivity index (χ1n) is 6.04. The van der Waals surface area contributed by atoms with Gasteiger partial charge in [0.15, 0.2) is 0 Å². The summed E-state index contributed by atoms with van der Waals surface area (Å²) in [6, 6.07) is 0. The van der Waals surface area contributed by atoms with Crippen LogP contribution in [0.25, 0.3) is 0 Å². The molecule has 1 aliphatic rings. The zero-order chi connectivity index (χ0) is 13.0. The van der Waals surface area contributed by atoms with Crippen LogP contribution in [-0.2, 0) is 7.05 Å². The van der Waals surface area contributed by atoms with Gasteiger partial charge in [0.25, 0.3) is 5.91 Å². The number of thioether (sulfide) groups is 1. The summed E-state index contributed by atoms with van der Waals surface area (Å²) in [5.74, 6) is 2.63. The molecule has 1 aromatic rings. The van der Waals surface area contributed by atoms with Crippen LogP contribution >= 0.6 is 11.8 Å². The minimum absolute atomic E-state index is 0.146. The second-order valence-corrected chi connectivity index (χ2v) is 5.50. The van der Waals surface area contributed by atoms with Crippen LogP contribution in [0.5, 0.6) is 0 Å². The number of anilines is 1. The largest absolute Gasteiger partial charge is 0.383 e.